The van der Waals surface area contributed by atoms with Gasteiger partial charge in [0.25, 0.3) is 0 Å². The quantitative estimate of drug-likeness (QED) is 0.156. The first-order valence-corrected chi connectivity index (χ1v) is 24.9. The zero-order valence-corrected chi connectivity index (χ0v) is 39.3. The van der Waals surface area contributed by atoms with E-state index in [4.69, 9.17) is 0 Å². The number of benzene rings is 12. The summed E-state index contributed by atoms with van der Waals surface area (Å²) in [5, 5.41) is 12.6. The van der Waals surface area contributed by atoms with Gasteiger partial charge in [0.1, 0.15) is 0 Å². The van der Waals surface area contributed by atoms with Crippen molar-refractivity contribution in [3.8, 4) is 55.6 Å². The highest BCUT2D eigenvalue weighted by Crippen LogP contribution is 2.65. The highest BCUT2D eigenvalue weighted by atomic mass is 14.9. The summed E-state index contributed by atoms with van der Waals surface area (Å²) in [6.45, 7) is 0. The van der Waals surface area contributed by atoms with E-state index in [9.17, 15) is 0 Å². The van der Waals surface area contributed by atoms with Crippen molar-refractivity contribution in [1.29, 1.82) is 0 Å². The molecule has 12 aromatic carbocycles. The Kier molecular flexibility index (Phi) is 7.71. The van der Waals surface area contributed by atoms with Gasteiger partial charge < -0.3 is 9.13 Å². The molecule has 16 rings (SSSR count). The molecule has 0 N–H and O–H groups in total. The topological polar surface area (TPSA) is 9.86 Å². The smallest absolute Gasteiger partial charge is 0.0725 e. The fraction of sp³-hybridized carbons (Fsp3) is 0.0435. The molecule has 0 fully saturated rings. The van der Waals surface area contributed by atoms with Gasteiger partial charge >= 0.3 is 0 Å². The monoisotopic (exact) mass is 900 g/mol. The van der Waals surface area contributed by atoms with Crippen LogP contribution in [0.2, 0.25) is 0 Å². The summed E-state index contributed by atoms with van der Waals surface area (Å²) in [6, 6.07) is 87.7. The number of para-hydroxylation sites is 2. The summed E-state index contributed by atoms with van der Waals surface area (Å²) in [4.78, 5) is 0. The van der Waals surface area contributed by atoms with Gasteiger partial charge in [-0.15, -0.1) is 0 Å². The van der Waals surface area contributed by atoms with E-state index in [1.807, 2.05) is 0 Å². The fourth-order valence-electron chi connectivity index (χ4n) is 13.8. The van der Waals surface area contributed by atoms with Crippen molar-refractivity contribution in [3.05, 3.63) is 253 Å². The summed E-state index contributed by atoms with van der Waals surface area (Å²) in [5.74, 6) is 0. The van der Waals surface area contributed by atoms with Crippen molar-refractivity contribution in [3.63, 3.8) is 0 Å². The van der Waals surface area contributed by atoms with Gasteiger partial charge in [-0.3, -0.25) is 0 Å². The fourth-order valence-corrected chi connectivity index (χ4v) is 13.8. The first-order valence-electron chi connectivity index (χ1n) is 24.9. The Labute approximate surface area is 410 Å². The second kappa shape index (κ2) is 14.1. The van der Waals surface area contributed by atoms with Crippen LogP contribution in [-0.4, -0.2) is 9.13 Å². The number of aromatic nitrogens is 2. The molecule has 0 aliphatic heterocycles. The van der Waals surface area contributed by atoms with Crippen LogP contribution >= 0.6 is 0 Å². The van der Waals surface area contributed by atoms with Gasteiger partial charge in [-0.05, 0) is 153 Å². The lowest BCUT2D eigenvalue weighted by Crippen LogP contribution is -2.25. The summed E-state index contributed by atoms with van der Waals surface area (Å²) in [5.41, 5.74) is 22.6. The highest BCUT2D eigenvalue weighted by Gasteiger charge is 2.52. The van der Waals surface area contributed by atoms with Crippen LogP contribution in [0.15, 0.2) is 231 Å². The Morgan fingerprint density at radius 2 is 0.690 bits per heavy atom. The Balaban J connectivity index is 1.05. The summed E-state index contributed by atoms with van der Waals surface area (Å²) in [7, 11) is 4.37. The van der Waals surface area contributed by atoms with Gasteiger partial charge in [-0.1, -0.05) is 188 Å². The average Bonchev–Trinajstić information content (AvgIpc) is 4.11. The van der Waals surface area contributed by atoms with E-state index < -0.39 is 5.41 Å². The third kappa shape index (κ3) is 4.96. The van der Waals surface area contributed by atoms with Crippen molar-refractivity contribution < 1.29 is 0 Å². The Morgan fingerprint density at radius 1 is 0.254 bits per heavy atom. The van der Waals surface area contributed by atoms with Crippen LogP contribution < -0.4 is 0 Å². The average molecular weight is 901 g/mol. The second-order valence-corrected chi connectivity index (χ2v) is 19.9. The molecule has 0 saturated heterocycles. The van der Waals surface area contributed by atoms with Gasteiger partial charge in [0.2, 0.25) is 0 Å². The number of nitrogens with zero attached hydrogens (tertiary/aromatic N) is 2. The van der Waals surface area contributed by atoms with Crippen molar-refractivity contribution >= 4 is 75.9 Å². The molecule has 2 aliphatic rings. The number of rotatable bonds is 3. The molecule has 2 nitrogen and oxygen atoms in total. The normalized spacial score (nSPS) is 13.3. The van der Waals surface area contributed by atoms with Crippen LogP contribution in [0.5, 0.6) is 0 Å². The van der Waals surface area contributed by atoms with Crippen LogP contribution in [0.25, 0.3) is 132 Å². The molecule has 0 atom stereocenters. The maximum Gasteiger partial charge on any atom is 0.0725 e. The molecule has 0 amide bonds. The molecule has 2 aromatic heterocycles. The molecule has 0 bridgehead atoms. The molecule has 2 heteroatoms. The maximum absolute atomic E-state index is 2.51. The zero-order valence-electron chi connectivity index (χ0n) is 39.3. The van der Waals surface area contributed by atoms with E-state index in [0.29, 0.717) is 0 Å². The summed E-state index contributed by atoms with van der Waals surface area (Å²) in [6.07, 6.45) is 0. The van der Waals surface area contributed by atoms with Gasteiger partial charge in [0, 0.05) is 57.7 Å². The minimum absolute atomic E-state index is 0.490. The first-order chi connectivity index (χ1) is 35.1. The molecule has 71 heavy (non-hydrogen) atoms. The highest BCUT2D eigenvalue weighted by molar-refractivity contribution is 6.23. The number of hydrogen-bond acceptors (Lipinski definition) is 0. The van der Waals surface area contributed by atoms with Crippen LogP contribution in [0, 0.1) is 0 Å². The summed E-state index contributed by atoms with van der Waals surface area (Å²) >= 11 is 0. The number of hydrogen-bond donors (Lipinski definition) is 0. The maximum atomic E-state index is 2.51. The molecule has 2 heterocycles. The molecule has 14 aromatic rings. The van der Waals surface area contributed by atoms with E-state index in [0.717, 1.165) is 0 Å². The van der Waals surface area contributed by atoms with E-state index in [1.54, 1.807) is 0 Å². The van der Waals surface area contributed by atoms with Crippen LogP contribution in [0.1, 0.15) is 22.3 Å². The van der Waals surface area contributed by atoms with Gasteiger partial charge in [0.05, 0.1) is 5.41 Å². The standard InChI is InChI=1S/C69H44N2/c1-70-62-30-11-7-20-49(62)56-38-42(33-36-64(56)70)44-22-13-24-51-54(44)40-55-45(43-34-37-65-57(39-43)50-21-8-12-31-63(50)71(65)2)23-14-25-52(55)66(51)53-26-15-29-60-68(53)67-46-17-4-3-16-41(46)32-35-61(67)69(60)58-27-9-5-18-47(58)48-19-6-10-28-59(48)69/h3-40H,1-2H3. The van der Waals surface area contributed by atoms with E-state index in [2.05, 4.69) is 254 Å². The first kappa shape index (κ1) is 38.9. The molecule has 0 unspecified atom stereocenters. The molecule has 330 valence electrons. The predicted molar refractivity (Wildman–Crippen MR) is 300 cm³/mol. The lowest BCUT2D eigenvalue weighted by molar-refractivity contribution is 0.794. The largest absolute Gasteiger partial charge is 0.344 e. The van der Waals surface area contributed by atoms with Gasteiger partial charge in [0.15, 0.2) is 0 Å². The summed E-state index contributed by atoms with van der Waals surface area (Å²) < 4.78 is 4.65. The van der Waals surface area contributed by atoms with Crippen LogP contribution in [0.3, 0.4) is 0 Å². The molecule has 2 aliphatic carbocycles. The van der Waals surface area contributed by atoms with Gasteiger partial charge in [-0.2, -0.15) is 0 Å². The molecule has 1 spiro atoms. The lowest BCUT2D eigenvalue weighted by Gasteiger charge is -2.30. The van der Waals surface area contributed by atoms with Crippen LogP contribution in [-0.2, 0) is 19.5 Å². The van der Waals surface area contributed by atoms with E-state index in [1.165, 1.54) is 154 Å². The van der Waals surface area contributed by atoms with Crippen molar-refractivity contribution in [2.75, 3.05) is 0 Å². The zero-order chi connectivity index (χ0) is 46.7. The van der Waals surface area contributed by atoms with E-state index in [-0.39, 0.29) is 0 Å². The third-order valence-electron chi connectivity index (χ3n) is 16.8. The lowest BCUT2D eigenvalue weighted by atomic mass is 9.70. The third-order valence-corrected chi connectivity index (χ3v) is 16.8. The van der Waals surface area contributed by atoms with Crippen LogP contribution in [0.4, 0.5) is 0 Å². The molecular formula is C69H44N2. The SMILES string of the molecule is Cn1c2ccccc2c2cc(-c3cccc4c(-c5cccc6c5-c5c(ccc7ccccc57)C65c6ccccc6-c6ccccc65)c5cccc(-c6ccc7c(c6)c6ccccc6n7C)c5cc34)ccc21. The van der Waals surface area contributed by atoms with Crippen molar-refractivity contribution in [1.82, 2.24) is 9.13 Å². The molecule has 0 saturated carbocycles. The predicted octanol–water partition coefficient (Wildman–Crippen LogP) is 17.8. The molecular weight excluding hydrogens is 857 g/mol. The van der Waals surface area contributed by atoms with Crippen molar-refractivity contribution in [2.45, 2.75) is 5.41 Å². The number of aryl methyl sites for hydroxylation is 2. The van der Waals surface area contributed by atoms with E-state index >= 15 is 0 Å². The van der Waals surface area contributed by atoms with Gasteiger partial charge in [-0.25, -0.2) is 0 Å². The molecule has 0 radical (unpaired) electrons. The Morgan fingerprint density at radius 3 is 1.30 bits per heavy atom. The second-order valence-electron chi connectivity index (χ2n) is 19.9. The minimum Gasteiger partial charge on any atom is -0.344 e. The number of fused-ring (bicyclic) bond motifs is 20. The Bertz CT molecular complexity index is 4450. The minimum atomic E-state index is -0.490. The van der Waals surface area contributed by atoms with Crippen molar-refractivity contribution in [2.24, 2.45) is 14.1 Å². The Hall–Kier alpha value is -8.98.